The van der Waals surface area contributed by atoms with E-state index >= 15 is 0 Å². The van der Waals surface area contributed by atoms with Gasteiger partial charge in [0.15, 0.2) is 17.3 Å². The van der Waals surface area contributed by atoms with Crippen molar-refractivity contribution in [2.45, 2.75) is 58.5 Å². The molecule has 0 bridgehead atoms. The minimum Gasteiger partial charge on any atom is -0.360 e. The van der Waals surface area contributed by atoms with E-state index in [0.717, 1.165) is 61.1 Å². The Balaban J connectivity index is 1.51. The standard InChI is InChI=1S/C30H34F2N4O3/c1-21(37)36-14-8-13-34(19-22-9-4-2-5-10-22)15-16-35(20-23-17-25(31)26(32)18-27(23)36)30(38)29-24-11-6-3-7-12-28(24)39-33-29/h2,4-5,9-10,17-18H,3,6-8,11-16,19-20H2,1H3. The van der Waals surface area contributed by atoms with Gasteiger partial charge < -0.3 is 14.3 Å². The highest BCUT2D eigenvalue weighted by molar-refractivity contribution is 5.95. The molecule has 2 heterocycles. The third-order valence-electron chi connectivity index (χ3n) is 7.63. The summed E-state index contributed by atoms with van der Waals surface area (Å²) in [5.74, 6) is -1.85. The first kappa shape index (κ1) is 27.0. The molecule has 0 fully saturated rings. The van der Waals surface area contributed by atoms with Gasteiger partial charge in [0.05, 0.1) is 5.69 Å². The van der Waals surface area contributed by atoms with Crippen LogP contribution in [0.5, 0.6) is 0 Å². The number of carbonyl (C=O) groups is 2. The number of nitrogens with zero attached hydrogens (tertiary/aromatic N) is 4. The van der Waals surface area contributed by atoms with Crippen molar-refractivity contribution in [3.8, 4) is 0 Å². The molecule has 7 nitrogen and oxygen atoms in total. The van der Waals surface area contributed by atoms with Crippen LogP contribution in [0.25, 0.3) is 0 Å². The summed E-state index contributed by atoms with van der Waals surface area (Å²) in [5, 5.41) is 4.17. The Morgan fingerprint density at radius 3 is 2.49 bits per heavy atom. The Morgan fingerprint density at radius 1 is 0.923 bits per heavy atom. The Labute approximate surface area is 227 Å². The third-order valence-corrected chi connectivity index (χ3v) is 7.63. The molecule has 0 N–H and O–H groups in total. The Hall–Kier alpha value is -3.59. The first-order valence-corrected chi connectivity index (χ1v) is 13.7. The molecular formula is C30H34F2N4O3. The minimum absolute atomic E-state index is 0.00988. The van der Waals surface area contributed by atoms with Gasteiger partial charge in [-0.1, -0.05) is 41.9 Å². The summed E-state index contributed by atoms with van der Waals surface area (Å²) in [6.07, 6.45) is 5.13. The highest BCUT2D eigenvalue weighted by Gasteiger charge is 2.29. The fourth-order valence-corrected chi connectivity index (χ4v) is 5.57. The van der Waals surface area contributed by atoms with Gasteiger partial charge in [-0.15, -0.1) is 0 Å². The Kier molecular flexibility index (Phi) is 8.35. The molecule has 5 rings (SSSR count). The average molecular weight is 537 g/mol. The van der Waals surface area contributed by atoms with Crippen LogP contribution >= 0.6 is 0 Å². The lowest BCUT2D eigenvalue weighted by atomic mass is 10.1. The summed E-state index contributed by atoms with van der Waals surface area (Å²) in [7, 11) is 0. The van der Waals surface area contributed by atoms with Gasteiger partial charge in [0, 0.05) is 64.2 Å². The molecule has 0 saturated heterocycles. The lowest BCUT2D eigenvalue weighted by Gasteiger charge is -2.28. The SMILES string of the molecule is CC(=O)N1CCCN(Cc2ccccc2)CCN(C(=O)c2noc3c2CCCCC3)Cc2cc(F)c(F)cc21. The molecule has 0 unspecified atom stereocenters. The van der Waals surface area contributed by atoms with Gasteiger partial charge in [-0.2, -0.15) is 0 Å². The van der Waals surface area contributed by atoms with Crippen LogP contribution in [-0.2, 0) is 30.7 Å². The van der Waals surface area contributed by atoms with Crippen LogP contribution in [0.15, 0.2) is 47.0 Å². The van der Waals surface area contributed by atoms with Crippen molar-refractivity contribution in [1.29, 1.82) is 0 Å². The zero-order valence-electron chi connectivity index (χ0n) is 22.3. The van der Waals surface area contributed by atoms with E-state index in [-0.39, 0.29) is 24.0 Å². The molecule has 3 aromatic rings. The van der Waals surface area contributed by atoms with Crippen LogP contribution in [0, 0.1) is 11.6 Å². The van der Waals surface area contributed by atoms with Crippen molar-refractivity contribution in [2.24, 2.45) is 0 Å². The summed E-state index contributed by atoms with van der Waals surface area (Å²) in [4.78, 5) is 32.0. The fraction of sp³-hybridized carbons (Fsp3) is 0.433. The molecule has 9 heteroatoms. The summed E-state index contributed by atoms with van der Waals surface area (Å²) in [6, 6.07) is 12.2. The van der Waals surface area contributed by atoms with Gasteiger partial charge >= 0.3 is 0 Å². The topological polar surface area (TPSA) is 69.9 Å². The largest absolute Gasteiger partial charge is 0.360 e. The van der Waals surface area contributed by atoms with Gasteiger partial charge in [-0.25, -0.2) is 8.78 Å². The van der Waals surface area contributed by atoms with Crippen molar-refractivity contribution in [1.82, 2.24) is 15.0 Å². The molecule has 206 valence electrons. The summed E-state index contributed by atoms with van der Waals surface area (Å²) < 4.78 is 34.5. The number of rotatable bonds is 3. The lowest BCUT2D eigenvalue weighted by molar-refractivity contribution is -0.116. The van der Waals surface area contributed by atoms with E-state index in [0.29, 0.717) is 50.4 Å². The maximum Gasteiger partial charge on any atom is 0.276 e. The number of fused-ring (bicyclic) bond motifs is 2. The lowest BCUT2D eigenvalue weighted by Crippen LogP contribution is -2.39. The van der Waals surface area contributed by atoms with Crippen molar-refractivity contribution in [2.75, 3.05) is 31.1 Å². The number of hydrogen-bond donors (Lipinski definition) is 0. The number of halogens is 2. The molecule has 1 aliphatic heterocycles. The third kappa shape index (κ3) is 6.19. The predicted octanol–water partition coefficient (Wildman–Crippen LogP) is 5.12. The molecule has 0 spiro atoms. The van der Waals surface area contributed by atoms with Crippen LogP contribution in [0.2, 0.25) is 0 Å². The van der Waals surface area contributed by atoms with Gasteiger partial charge in [0.25, 0.3) is 5.91 Å². The predicted molar refractivity (Wildman–Crippen MR) is 143 cm³/mol. The van der Waals surface area contributed by atoms with Crippen LogP contribution in [-0.4, -0.2) is 52.9 Å². The molecule has 0 atom stereocenters. The van der Waals surface area contributed by atoms with E-state index in [1.165, 1.54) is 11.8 Å². The summed E-state index contributed by atoms with van der Waals surface area (Å²) in [6.45, 7) is 4.04. The van der Waals surface area contributed by atoms with Crippen molar-refractivity contribution >= 4 is 17.5 Å². The van der Waals surface area contributed by atoms with E-state index < -0.39 is 11.6 Å². The highest BCUT2D eigenvalue weighted by atomic mass is 19.2. The Morgan fingerprint density at radius 2 is 1.69 bits per heavy atom. The van der Waals surface area contributed by atoms with Crippen molar-refractivity contribution in [3.63, 3.8) is 0 Å². The van der Waals surface area contributed by atoms with Crippen LogP contribution in [0.3, 0.4) is 0 Å². The monoisotopic (exact) mass is 536 g/mol. The highest BCUT2D eigenvalue weighted by Crippen LogP contribution is 2.29. The molecule has 39 heavy (non-hydrogen) atoms. The van der Waals surface area contributed by atoms with E-state index in [4.69, 9.17) is 4.52 Å². The zero-order valence-corrected chi connectivity index (χ0v) is 22.3. The van der Waals surface area contributed by atoms with Gasteiger partial charge in [-0.3, -0.25) is 14.5 Å². The maximum absolute atomic E-state index is 14.5. The fourth-order valence-electron chi connectivity index (χ4n) is 5.57. The van der Waals surface area contributed by atoms with Crippen molar-refractivity contribution in [3.05, 3.63) is 82.2 Å². The first-order chi connectivity index (χ1) is 18.9. The quantitative estimate of drug-likeness (QED) is 0.435. The molecule has 1 aliphatic carbocycles. The van der Waals surface area contributed by atoms with E-state index in [1.54, 1.807) is 4.90 Å². The molecular weight excluding hydrogens is 502 g/mol. The zero-order chi connectivity index (χ0) is 27.4. The number of amides is 2. The van der Waals surface area contributed by atoms with Gasteiger partial charge in [0.2, 0.25) is 5.91 Å². The minimum atomic E-state index is -1.03. The second-order valence-electron chi connectivity index (χ2n) is 10.4. The second kappa shape index (κ2) is 12.1. The molecule has 2 aliphatic rings. The number of carbonyl (C=O) groups excluding carboxylic acids is 2. The van der Waals surface area contributed by atoms with Crippen LogP contribution < -0.4 is 4.90 Å². The maximum atomic E-state index is 14.5. The van der Waals surface area contributed by atoms with E-state index in [2.05, 4.69) is 22.2 Å². The van der Waals surface area contributed by atoms with E-state index in [1.807, 2.05) is 18.2 Å². The number of aryl methyl sites for hydroxylation is 1. The molecule has 2 amide bonds. The molecule has 0 radical (unpaired) electrons. The Bertz CT molecular complexity index is 1330. The molecule has 1 aromatic heterocycles. The number of aromatic nitrogens is 1. The molecule has 2 aromatic carbocycles. The van der Waals surface area contributed by atoms with Gasteiger partial charge in [-0.05, 0) is 42.9 Å². The van der Waals surface area contributed by atoms with E-state index in [9.17, 15) is 18.4 Å². The second-order valence-corrected chi connectivity index (χ2v) is 10.4. The smallest absolute Gasteiger partial charge is 0.276 e. The first-order valence-electron chi connectivity index (χ1n) is 13.7. The van der Waals surface area contributed by atoms with Gasteiger partial charge in [0.1, 0.15) is 5.76 Å². The summed E-state index contributed by atoms with van der Waals surface area (Å²) >= 11 is 0. The van der Waals surface area contributed by atoms with Crippen LogP contribution in [0.1, 0.15) is 65.5 Å². The number of anilines is 1. The number of hydrogen-bond acceptors (Lipinski definition) is 5. The van der Waals surface area contributed by atoms with Crippen molar-refractivity contribution < 1.29 is 22.9 Å². The normalized spacial score (nSPS) is 17.1. The van der Waals surface area contributed by atoms with Crippen LogP contribution in [0.4, 0.5) is 14.5 Å². The number of benzene rings is 2. The average Bonchev–Trinajstić information content (AvgIpc) is 3.16. The summed E-state index contributed by atoms with van der Waals surface area (Å²) in [5.41, 5.74) is 2.95. The molecule has 0 saturated carbocycles.